The molecule has 0 saturated heterocycles. The molecule has 0 fully saturated rings. The molecule has 2 aromatic rings. The first kappa shape index (κ1) is 14.3. The van der Waals surface area contributed by atoms with Crippen LogP contribution in [-0.4, -0.2) is 4.98 Å². The lowest BCUT2D eigenvalue weighted by atomic mass is 10.0. The number of rotatable bonds is 4. The number of pyridine rings is 1. The third-order valence-electron chi connectivity index (χ3n) is 3.11. The quantitative estimate of drug-likeness (QED) is 0.670. The zero-order valence-electron chi connectivity index (χ0n) is 12.4. The predicted octanol–water partition coefficient (Wildman–Crippen LogP) is 5.43. The van der Waals surface area contributed by atoms with Gasteiger partial charge in [-0.1, -0.05) is 55.5 Å². The topological polar surface area (TPSA) is 12.9 Å². The summed E-state index contributed by atoms with van der Waals surface area (Å²) < 4.78 is 0. The Labute approximate surface area is 121 Å². The Balaban J connectivity index is 2.51. The Morgan fingerprint density at radius 1 is 1.15 bits per heavy atom. The van der Waals surface area contributed by atoms with Gasteiger partial charge in [-0.05, 0) is 43.5 Å². The molecule has 0 bridgehead atoms. The van der Waals surface area contributed by atoms with Crippen LogP contribution in [0.3, 0.4) is 0 Å². The van der Waals surface area contributed by atoms with E-state index in [1.165, 1.54) is 11.1 Å². The molecule has 0 N–H and O–H groups in total. The second kappa shape index (κ2) is 6.85. The van der Waals surface area contributed by atoms with Gasteiger partial charge in [0.15, 0.2) is 0 Å². The molecule has 0 aliphatic heterocycles. The number of nitrogens with zero attached hydrogens (tertiary/aromatic N) is 1. The molecule has 2 rings (SSSR count). The Morgan fingerprint density at radius 2 is 1.90 bits per heavy atom. The second-order valence-corrected chi connectivity index (χ2v) is 4.85. The summed E-state index contributed by atoms with van der Waals surface area (Å²) >= 11 is 0. The molecule has 20 heavy (non-hydrogen) atoms. The summed E-state index contributed by atoms with van der Waals surface area (Å²) in [6.45, 7) is 6.31. The van der Waals surface area contributed by atoms with E-state index in [1.807, 2.05) is 25.1 Å². The van der Waals surface area contributed by atoms with Crippen LogP contribution in [0.15, 0.2) is 60.7 Å². The average Bonchev–Trinajstić information content (AvgIpc) is 2.47. The van der Waals surface area contributed by atoms with Crippen molar-refractivity contribution in [3.63, 3.8) is 0 Å². The monoisotopic (exact) mass is 263 g/mol. The van der Waals surface area contributed by atoms with Gasteiger partial charge in [-0.3, -0.25) is 0 Å². The molecule has 0 spiro atoms. The van der Waals surface area contributed by atoms with Crippen molar-refractivity contribution >= 4 is 5.57 Å². The van der Waals surface area contributed by atoms with Crippen molar-refractivity contribution in [2.75, 3.05) is 0 Å². The van der Waals surface area contributed by atoms with Crippen LogP contribution in [0.1, 0.15) is 31.5 Å². The van der Waals surface area contributed by atoms with Crippen LogP contribution in [0, 0.1) is 6.92 Å². The van der Waals surface area contributed by atoms with E-state index in [2.05, 4.69) is 56.3 Å². The van der Waals surface area contributed by atoms with Crippen molar-refractivity contribution in [1.82, 2.24) is 4.98 Å². The molecule has 0 unspecified atom stereocenters. The maximum atomic E-state index is 4.82. The number of aromatic nitrogens is 1. The minimum absolute atomic E-state index is 1.01. The molecule has 1 nitrogen and oxygen atoms in total. The third-order valence-corrected chi connectivity index (χ3v) is 3.11. The van der Waals surface area contributed by atoms with E-state index in [4.69, 9.17) is 4.98 Å². The van der Waals surface area contributed by atoms with Gasteiger partial charge < -0.3 is 0 Å². The van der Waals surface area contributed by atoms with E-state index in [9.17, 15) is 0 Å². The summed E-state index contributed by atoms with van der Waals surface area (Å²) in [7, 11) is 0. The number of allylic oxidation sites excluding steroid dienone is 4. The Morgan fingerprint density at radius 3 is 2.55 bits per heavy atom. The van der Waals surface area contributed by atoms with Crippen LogP contribution in [0.5, 0.6) is 0 Å². The summed E-state index contributed by atoms with van der Waals surface area (Å²) in [5, 5.41) is 0. The standard InChI is InChI=1S/C19H21N/c1-4-9-16(10-5-2)18-13-15(3)14-19(20-18)17-11-7-6-8-12-17/h4,6-14H,5H2,1-3H3/b9-4-,16-10+. The number of hydrogen-bond donors (Lipinski definition) is 0. The van der Waals surface area contributed by atoms with Gasteiger partial charge in [0.1, 0.15) is 0 Å². The number of hydrogen-bond acceptors (Lipinski definition) is 1. The summed E-state index contributed by atoms with van der Waals surface area (Å²) in [5.74, 6) is 0. The minimum atomic E-state index is 1.01. The van der Waals surface area contributed by atoms with E-state index in [1.54, 1.807) is 0 Å². The van der Waals surface area contributed by atoms with Gasteiger partial charge in [0.25, 0.3) is 0 Å². The smallest absolute Gasteiger partial charge is 0.0712 e. The minimum Gasteiger partial charge on any atom is -0.248 e. The average molecular weight is 263 g/mol. The maximum absolute atomic E-state index is 4.82. The fourth-order valence-corrected chi connectivity index (χ4v) is 2.23. The van der Waals surface area contributed by atoms with E-state index in [0.29, 0.717) is 0 Å². The van der Waals surface area contributed by atoms with Crippen molar-refractivity contribution in [3.8, 4) is 11.3 Å². The molecule has 0 aliphatic carbocycles. The lowest BCUT2D eigenvalue weighted by molar-refractivity contribution is 1.20. The Kier molecular flexibility index (Phi) is 4.89. The molecule has 1 heterocycles. The van der Waals surface area contributed by atoms with Crippen molar-refractivity contribution in [2.24, 2.45) is 0 Å². The van der Waals surface area contributed by atoms with E-state index in [0.717, 1.165) is 23.4 Å². The highest BCUT2D eigenvalue weighted by Gasteiger charge is 2.05. The number of benzene rings is 1. The molecule has 0 aliphatic rings. The SMILES string of the molecule is C/C=C\C(=C/CC)c1cc(C)cc(-c2ccccc2)n1. The van der Waals surface area contributed by atoms with Crippen LogP contribution >= 0.6 is 0 Å². The Hall–Kier alpha value is -2.15. The highest BCUT2D eigenvalue weighted by molar-refractivity contribution is 5.74. The first-order valence-corrected chi connectivity index (χ1v) is 7.12. The lowest BCUT2D eigenvalue weighted by Crippen LogP contribution is -1.93. The third kappa shape index (κ3) is 3.45. The van der Waals surface area contributed by atoms with Crippen molar-refractivity contribution in [2.45, 2.75) is 27.2 Å². The maximum Gasteiger partial charge on any atom is 0.0712 e. The first-order chi connectivity index (χ1) is 9.74. The fourth-order valence-electron chi connectivity index (χ4n) is 2.23. The summed E-state index contributed by atoms with van der Waals surface area (Å²) in [6, 6.07) is 14.6. The summed E-state index contributed by atoms with van der Waals surface area (Å²) in [6.07, 6.45) is 7.42. The van der Waals surface area contributed by atoms with Crippen molar-refractivity contribution in [3.05, 3.63) is 72.0 Å². The normalized spacial score (nSPS) is 12.1. The zero-order valence-corrected chi connectivity index (χ0v) is 12.4. The summed E-state index contributed by atoms with van der Waals surface area (Å²) in [5.41, 5.74) is 5.67. The molecule has 102 valence electrons. The van der Waals surface area contributed by atoms with E-state index >= 15 is 0 Å². The summed E-state index contributed by atoms with van der Waals surface area (Å²) in [4.78, 5) is 4.82. The molecule has 0 atom stereocenters. The largest absolute Gasteiger partial charge is 0.248 e. The Bertz CT molecular complexity index is 621. The van der Waals surface area contributed by atoms with Crippen LogP contribution in [0.4, 0.5) is 0 Å². The molecule has 0 saturated carbocycles. The molecular weight excluding hydrogens is 242 g/mol. The van der Waals surface area contributed by atoms with Gasteiger partial charge in [0.2, 0.25) is 0 Å². The molecule has 1 aromatic carbocycles. The number of aryl methyl sites for hydroxylation is 1. The second-order valence-electron chi connectivity index (χ2n) is 4.85. The van der Waals surface area contributed by atoms with Gasteiger partial charge >= 0.3 is 0 Å². The van der Waals surface area contributed by atoms with Gasteiger partial charge in [0, 0.05) is 5.56 Å². The predicted molar refractivity (Wildman–Crippen MR) is 87.5 cm³/mol. The highest BCUT2D eigenvalue weighted by atomic mass is 14.7. The van der Waals surface area contributed by atoms with Gasteiger partial charge in [-0.25, -0.2) is 4.98 Å². The van der Waals surface area contributed by atoms with Crippen LogP contribution < -0.4 is 0 Å². The molecular formula is C19H21N. The van der Waals surface area contributed by atoms with Crippen molar-refractivity contribution in [1.29, 1.82) is 0 Å². The van der Waals surface area contributed by atoms with E-state index < -0.39 is 0 Å². The van der Waals surface area contributed by atoms with Gasteiger partial charge in [-0.2, -0.15) is 0 Å². The lowest BCUT2D eigenvalue weighted by Gasteiger charge is -2.08. The molecule has 0 radical (unpaired) electrons. The molecule has 1 aromatic heterocycles. The highest BCUT2D eigenvalue weighted by Crippen LogP contribution is 2.23. The molecule has 0 amide bonds. The molecule has 1 heteroatoms. The van der Waals surface area contributed by atoms with Crippen molar-refractivity contribution < 1.29 is 0 Å². The first-order valence-electron chi connectivity index (χ1n) is 7.12. The van der Waals surface area contributed by atoms with Crippen LogP contribution in [0.2, 0.25) is 0 Å². The zero-order chi connectivity index (χ0) is 14.4. The van der Waals surface area contributed by atoms with Crippen LogP contribution in [-0.2, 0) is 0 Å². The van der Waals surface area contributed by atoms with Gasteiger partial charge in [-0.15, -0.1) is 0 Å². The fraction of sp³-hybridized carbons (Fsp3) is 0.211. The van der Waals surface area contributed by atoms with Crippen LogP contribution in [0.25, 0.3) is 16.8 Å². The van der Waals surface area contributed by atoms with Gasteiger partial charge in [0.05, 0.1) is 11.4 Å². The van der Waals surface area contributed by atoms with E-state index in [-0.39, 0.29) is 0 Å².